The highest BCUT2D eigenvalue weighted by molar-refractivity contribution is 5.20. The molecule has 12 heavy (non-hydrogen) atoms. The molecule has 0 atom stereocenters. The number of aromatic amines is 1. The predicted molar refractivity (Wildman–Crippen MR) is 44.2 cm³/mol. The molecular weight excluding hydrogens is 154 g/mol. The number of aromatic nitrogens is 3. The Bertz CT molecular complexity index is 415. The second kappa shape index (κ2) is 2.65. The molecule has 0 saturated carbocycles. The quantitative estimate of drug-likeness (QED) is 0.664. The first-order valence-electron chi connectivity index (χ1n) is 3.55. The molecule has 2 heterocycles. The zero-order valence-electron chi connectivity index (χ0n) is 6.27. The Hall–Kier alpha value is -1.84. The van der Waals surface area contributed by atoms with Gasteiger partial charge < -0.3 is 4.98 Å². The first kappa shape index (κ1) is 6.84. The van der Waals surface area contributed by atoms with Gasteiger partial charge in [-0.05, 0) is 12.1 Å². The summed E-state index contributed by atoms with van der Waals surface area (Å²) < 4.78 is 1.44. The molecule has 0 fully saturated rings. The zero-order valence-corrected chi connectivity index (χ0v) is 6.27. The lowest BCUT2D eigenvalue weighted by atomic mass is 10.5. The predicted octanol–water partition coefficient (Wildman–Crippen LogP) is 0.561. The normalized spacial score (nSPS) is 10.0. The summed E-state index contributed by atoms with van der Waals surface area (Å²) in [5.74, 6) is 0.628. The fourth-order valence-electron chi connectivity index (χ4n) is 0.997. The minimum atomic E-state index is -0.172. The second-order valence-electron chi connectivity index (χ2n) is 2.32. The van der Waals surface area contributed by atoms with Crippen LogP contribution in [-0.4, -0.2) is 14.5 Å². The molecule has 2 aromatic heterocycles. The fourth-order valence-corrected chi connectivity index (χ4v) is 0.997. The van der Waals surface area contributed by atoms with Crippen molar-refractivity contribution in [3.8, 4) is 5.82 Å². The third-order valence-electron chi connectivity index (χ3n) is 1.55. The van der Waals surface area contributed by atoms with E-state index < -0.39 is 0 Å². The van der Waals surface area contributed by atoms with E-state index in [0.717, 1.165) is 0 Å². The van der Waals surface area contributed by atoms with Gasteiger partial charge >= 0.3 is 5.69 Å². The Morgan fingerprint density at radius 2 is 2.33 bits per heavy atom. The standard InChI is InChI=1S/C8H7N3O/c12-8-10-5-6-11(8)7-3-1-2-4-9-7/h1-6H,(H,10,12). The number of H-pyrrole nitrogens is 1. The molecule has 0 aliphatic heterocycles. The van der Waals surface area contributed by atoms with Crippen LogP contribution in [0.4, 0.5) is 0 Å². The highest BCUT2D eigenvalue weighted by atomic mass is 16.1. The van der Waals surface area contributed by atoms with Crippen LogP contribution in [0.25, 0.3) is 5.82 Å². The van der Waals surface area contributed by atoms with Crippen LogP contribution in [0.3, 0.4) is 0 Å². The van der Waals surface area contributed by atoms with Crippen LogP contribution in [0.5, 0.6) is 0 Å². The molecule has 0 aliphatic carbocycles. The van der Waals surface area contributed by atoms with Gasteiger partial charge in [0.1, 0.15) is 5.82 Å². The number of hydrogen-bond acceptors (Lipinski definition) is 2. The van der Waals surface area contributed by atoms with Crippen molar-refractivity contribution in [2.45, 2.75) is 0 Å². The second-order valence-corrected chi connectivity index (χ2v) is 2.32. The molecule has 4 nitrogen and oxygen atoms in total. The van der Waals surface area contributed by atoms with Crippen LogP contribution < -0.4 is 5.69 Å². The maximum atomic E-state index is 11.1. The monoisotopic (exact) mass is 161 g/mol. The minimum absolute atomic E-state index is 0.172. The van der Waals surface area contributed by atoms with Crippen molar-refractivity contribution < 1.29 is 0 Å². The minimum Gasteiger partial charge on any atom is -0.312 e. The van der Waals surface area contributed by atoms with Gasteiger partial charge in [-0.1, -0.05) is 6.07 Å². The van der Waals surface area contributed by atoms with Gasteiger partial charge in [-0.15, -0.1) is 0 Å². The lowest BCUT2D eigenvalue weighted by molar-refractivity contribution is 0.940. The summed E-state index contributed by atoms with van der Waals surface area (Å²) in [5.41, 5.74) is -0.172. The third-order valence-corrected chi connectivity index (χ3v) is 1.55. The van der Waals surface area contributed by atoms with Crippen molar-refractivity contribution in [1.82, 2.24) is 14.5 Å². The zero-order chi connectivity index (χ0) is 8.39. The maximum Gasteiger partial charge on any atom is 0.331 e. The Labute approximate surface area is 68.5 Å². The van der Waals surface area contributed by atoms with Gasteiger partial charge in [0.05, 0.1) is 0 Å². The number of rotatable bonds is 1. The summed E-state index contributed by atoms with van der Waals surface area (Å²) in [4.78, 5) is 17.6. The highest BCUT2D eigenvalue weighted by Crippen LogP contribution is 1.96. The largest absolute Gasteiger partial charge is 0.331 e. The molecule has 4 heteroatoms. The van der Waals surface area contributed by atoms with Gasteiger partial charge in [0.25, 0.3) is 0 Å². The molecule has 0 bridgehead atoms. The summed E-state index contributed by atoms with van der Waals surface area (Å²) in [7, 11) is 0. The summed E-state index contributed by atoms with van der Waals surface area (Å²) in [6.45, 7) is 0. The highest BCUT2D eigenvalue weighted by Gasteiger charge is 1.97. The average molecular weight is 161 g/mol. The van der Waals surface area contributed by atoms with Gasteiger partial charge in [-0.3, -0.25) is 4.57 Å². The number of hydrogen-bond donors (Lipinski definition) is 1. The molecule has 2 aromatic rings. The number of nitrogens with zero attached hydrogens (tertiary/aromatic N) is 2. The van der Waals surface area contributed by atoms with Crippen molar-refractivity contribution in [2.75, 3.05) is 0 Å². The first-order chi connectivity index (χ1) is 5.88. The van der Waals surface area contributed by atoms with Crippen molar-refractivity contribution >= 4 is 0 Å². The van der Waals surface area contributed by atoms with Crippen LogP contribution >= 0.6 is 0 Å². The lowest BCUT2D eigenvalue weighted by Gasteiger charge is -1.96. The molecule has 0 radical (unpaired) electrons. The van der Waals surface area contributed by atoms with E-state index in [9.17, 15) is 4.79 Å². The molecule has 1 N–H and O–H groups in total. The fraction of sp³-hybridized carbons (Fsp3) is 0. The van der Waals surface area contributed by atoms with Crippen LogP contribution in [0.15, 0.2) is 41.6 Å². The molecule has 0 unspecified atom stereocenters. The van der Waals surface area contributed by atoms with Gasteiger partial charge in [0.2, 0.25) is 0 Å². The van der Waals surface area contributed by atoms with E-state index in [-0.39, 0.29) is 5.69 Å². The van der Waals surface area contributed by atoms with E-state index in [0.29, 0.717) is 5.82 Å². The summed E-state index contributed by atoms with van der Waals surface area (Å²) in [6, 6.07) is 5.41. The number of nitrogens with one attached hydrogen (secondary N) is 1. The Morgan fingerprint density at radius 1 is 1.42 bits per heavy atom. The van der Waals surface area contributed by atoms with E-state index in [1.807, 2.05) is 6.07 Å². The summed E-state index contributed by atoms with van der Waals surface area (Å²) in [6.07, 6.45) is 4.87. The molecule has 0 saturated heterocycles. The van der Waals surface area contributed by atoms with E-state index >= 15 is 0 Å². The van der Waals surface area contributed by atoms with Crippen molar-refractivity contribution in [1.29, 1.82) is 0 Å². The number of pyridine rings is 1. The van der Waals surface area contributed by atoms with Gasteiger partial charge in [-0.2, -0.15) is 0 Å². The first-order valence-corrected chi connectivity index (χ1v) is 3.55. The van der Waals surface area contributed by atoms with Crippen LogP contribution in [0.1, 0.15) is 0 Å². The summed E-state index contributed by atoms with van der Waals surface area (Å²) in [5, 5.41) is 0. The van der Waals surface area contributed by atoms with E-state index in [4.69, 9.17) is 0 Å². The van der Waals surface area contributed by atoms with Crippen LogP contribution in [-0.2, 0) is 0 Å². The Kier molecular flexibility index (Phi) is 1.51. The topological polar surface area (TPSA) is 50.7 Å². The molecule has 60 valence electrons. The van der Waals surface area contributed by atoms with E-state index in [1.165, 1.54) is 4.57 Å². The Morgan fingerprint density at radius 3 is 2.92 bits per heavy atom. The maximum absolute atomic E-state index is 11.1. The molecular formula is C8H7N3O. The van der Waals surface area contributed by atoms with Gasteiger partial charge in [-0.25, -0.2) is 9.78 Å². The lowest BCUT2D eigenvalue weighted by Crippen LogP contribution is -2.14. The molecule has 0 aromatic carbocycles. The van der Waals surface area contributed by atoms with E-state index in [1.54, 1.807) is 30.7 Å². The van der Waals surface area contributed by atoms with Crippen molar-refractivity contribution in [2.24, 2.45) is 0 Å². The van der Waals surface area contributed by atoms with Crippen molar-refractivity contribution in [3.63, 3.8) is 0 Å². The third kappa shape index (κ3) is 1.03. The molecule has 2 rings (SSSR count). The molecule has 0 spiro atoms. The van der Waals surface area contributed by atoms with Crippen LogP contribution in [0, 0.1) is 0 Å². The molecule has 0 aliphatic rings. The smallest absolute Gasteiger partial charge is 0.312 e. The average Bonchev–Trinajstić information content (AvgIpc) is 2.53. The molecule has 0 amide bonds. The number of imidazole rings is 1. The van der Waals surface area contributed by atoms with Crippen LogP contribution in [0.2, 0.25) is 0 Å². The van der Waals surface area contributed by atoms with Gasteiger partial charge in [0, 0.05) is 18.6 Å². The SMILES string of the molecule is O=c1[nH]ccn1-c1ccccn1. The van der Waals surface area contributed by atoms with Crippen molar-refractivity contribution in [3.05, 3.63) is 47.3 Å². The summed E-state index contributed by atoms with van der Waals surface area (Å²) >= 11 is 0. The van der Waals surface area contributed by atoms with Gasteiger partial charge in [0.15, 0.2) is 0 Å². The van der Waals surface area contributed by atoms with E-state index in [2.05, 4.69) is 9.97 Å². The Balaban J connectivity index is 2.59.